The molecule has 2 aromatic heterocycles. The van der Waals surface area contributed by atoms with Crippen molar-refractivity contribution in [3.63, 3.8) is 0 Å². The summed E-state index contributed by atoms with van der Waals surface area (Å²) in [7, 11) is 0. The van der Waals surface area contributed by atoms with Gasteiger partial charge >= 0.3 is 6.18 Å². The summed E-state index contributed by atoms with van der Waals surface area (Å²) in [6, 6.07) is 2.08. The lowest BCUT2D eigenvalue weighted by Gasteiger charge is -2.30. The number of aryl methyl sites for hydroxylation is 3. The van der Waals surface area contributed by atoms with Crippen molar-refractivity contribution >= 4 is 17.0 Å². The number of fused-ring (bicyclic) bond motifs is 1. The molecule has 0 spiro atoms. The summed E-state index contributed by atoms with van der Waals surface area (Å²) in [6.45, 7) is 5.20. The average molecular weight is 327 g/mol. The molecule has 0 amide bonds. The Labute approximate surface area is 130 Å². The summed E-state index contributed by atoms with van der Waals surface area (Å²) < 4.78 is 38.0. The first-order chi connectivity index (χ1) is 10.3. The molecule has 0 saturated heterocycles. The molecule has 0 aliphatic carbocycles. The quantitative estimate of drug-likeness (QED) is 0.830. The number of aromatic nitrogens is 2. The van der Waals surface area contributed by atoms with Gasteiger partial charge in [-0.15, -0.1) is 11.3 Å². The van der Waals surface area contributed by atoms with E-state index in [1.807, 2.05) is 13.8 Å². The second-order valence-electron chi connectivity index (χ2n) is 5.50. The van der Waals surface area contributed by atoms with E-state index in [2.05, 4.69) is 20.9 Å². The highest BCUT2D eigenvalue weighted by Gasteiger charge is 2.33. The molecule has 0 unspecified atom stereocenters. The van der Waals surface area contributed by atoms with Crippen LogP contribution in [0.3, 0.4) is 0 Å². The van der Waals surface area contributed by atoms with Crippen molar-refractivity contribution in [1.29, 1.82) is 0 Å². The third kappa shape index (κ3) is 2.95. The first-order valence-electron chi connectivity index (χ1n) is 7.08. The first kappa shape index (κ1) is 15.3. The smallest absolute Gasteiger partial charge is 0.363 e. The molecule has 0 saturated carbocycles. The van der Waals surface area contributed by atoms with Gasteiger partial charge in [0, 0.05) is 12.2 Å². The molecular formula is C15H16F3N3S. The van der Waals surface area contributed by atoms with E-state index in [0.29, 0.717) is 11.6 Å². The zero-order valence-electron chi connectivity index (χ0n) is 12.4. The number of anilines is 1. The highest BCUT2D eigenvalue weighted by molar-refractivity contribution is 7.11. The maximum atomic E-state index is 12.7. The highest BCUT2D eigenvalue weighted by atomic mass is 32.1. The van der Waals surface area contributed by atoms with Gasteiger partial charge in [0.2, 0.25) is 0 Å². The monoisotopic (exact) mass is 327 g/mol. The number of alkyl halides is 3. The van der Waals surface area contributed by atoms with Gasteiger partial charge in [0.25, 0.3) is 0 Å². The Morgan fingerprint density at radius 3 is 2.77 bits per heavy atom. The predicted molar refractivity (Wildman–Crippen MR) is 80.2 cm³/mol. The molecule has 1 aliphatic heterocycles. The standard InChI is InChI=1S/C15H16F3N3S/c1-9-6-12-11(20-10(9)2)4-3-5-21(12)8-14-19-7-13(22-14)15(16,17)18/h6-7H,3-5,8H2,1-2H3. The Morgan fingerprint density at radius 2 is 2.09 bits per heavy atom. The Bertz CT molecular complexity index is 694. The van der Waals surface area contributed by atoms with Crippen molar-refractivity contribution in [2.24, 2.45) is 0 Å². The van der Waals surface area contributed by atoms with Crippen molar-refractivity contribution in [3.05, 3.63) is 39.1 Å². The summed E-state index contributed by atoms with van der Waals surface area (Å²) in [5.41, 5.74) is 4.16. The Balaban J connectivity index is 1.86. The van der Waals surface area contributed by atoms with E-state index < -0.39 is 11.1 Å². The fraction of sp³-hybridized carbons (Fsp3) is 0.467. The van der Waals surface area contributed by atoms with Crippen LogP contribution in [0.1, 0.15) is 33.3 Å². The van der Waals surface area contributed by atoms with Crippen LogP contribution in [0.2, 0.25) is 0 Å². The van der Waals surface area contributed by atoms with Gasteiger partial charge in [0.05, 0.1) is 24.1 Å². The van der Waals surface area contributed by atoms with Crippen molar-refractivity contribution in [2.45, 2.75) is 39.4 Å². The minimum atomic E-state index is -4.31. The molecule has 3 rings (SSSR count). The number of pyridine rings is 1. The lowest BCUT2D eigenvalue weighted by atomic mass is 10.0. The average Bonchev–Trinajstić information content (AvgIpc) is 2.89. The van der Waals surface area contributed by atoms with Crippen LogP contribution in [0.5, 0.6) is 0 Å². The second-order valence-corrected chi connectivity index (χ2v) is 6.61. The molecule has 0 aromatic carbocycles. The van der Waals surface area contributed by atoms with Gasteiger partial charge in [0.1, 0.15) is 9.88 Å². The molecule has 22 heavy (non-hydrogen) atoms. The van der Waals surface area contributed by atoms with Crippen LogP contribution < -0.4 is 4.90 Å². The summed E-state index contributed by atoms with van der Waals surface area (Å²) in [5, 5.41) is 0.485. The van der Waals surface area contributed by atoms with Gasteiger partial charge in [-0.25, -0.2) is 4.98 Å². The zero-order valence-corrected chi connectivity index (χ0v) is 13.2. The number of rotatable bonds is 2. The number of hydrogen-bond donors (Lipinski definition) is 0. The molecule has 3 heterocycles. The second kappa shape index (κ2) is 5.53. The number of hydrogen-bond acceptors (Lipinski definition) is 4. The zero-order chi connectivity index (χ0) is 15.9. The lowest BCUT2D eigenvalue weighted by molar-refractivity contribution is -0.134. The van der Waals surface area contributed by atoms with Gasteiger partial charge < -0.3 is 4.90 Å². The van der Waals surface area contributed by atoms with Crippen LogP contribution in [0.4, 0.5) is 18.9 Å². The lowest BCUT2D eigenvalue weighted by Crippen LogP contribution is -2.29. The highest BCUT2D eigenvalue weighted by Crippen LogP contribution is 2.35. The van der Waals surface area contributed by atoms with Crippen molar-refractivity contribution in [2.75, 3.05) is 11.4 Å². The van der Waals surface area contributed by atoms with Gasteiger partial charge in [-0.1, -0.05) is 0 Å². The fourth-order valence-electron chi connectivity index (χ4n) is 2.60. The van der Waals surface area contributed by atoms with Crippen LogP contribution in [0, 0.1) is 13.8 Å². The molecule has 2 aromatic rings. The molecule has 7 heteroatoms. The molecule has 3 nitrogen and oxygen atoms in total. The summed E-state index contributed by atoms with van der Waals surface area (Å²) >= 11 is 0.717. The van der Waals surface area contributed by atoms with Crippen molar-refractivity contribution in [3.8, 4) is 0 Å². The van der Waals surface area contributed by atoms with Crippen molar-refractivity contribution in [1.82, 2.24) is 9.97 Å². The molecule has 0 atom stereocenters. The van der Waals surface area contributed by atoms with Crippen LogP contribution in [-0.4, -0.2) is 16.5 Å². The van der Waals surface area contributed by atoms with E-state index in [1.165, 1.54) is 0 Å². The minimum absolute atomic E-state index is 0.401. The molecule has 0 bridgehead atoms. The Kier molecular flexibility index (Phi) is 3.84. The Morgan fingerprint density at radius 1 is 1.32 bits per heavy atom. The van der Waals surface area contributed by atoms with Gasteiger partial charge in [-0.05, 0) is 38.3 Å². The number of thiazole rings is 1. The van der Waals surface area contributed by atoms with E-state index in [0.717, 1.165) is 59.6 Å². The third-order valence-corrected chi connectivity index (χ3v) is 4.89. The first-order valence-corrected chi connectivity index (χ1v) is 7.90. The predicted octanol–water partition coefficient (Wildman–Crippen LogP) is 4.13. The van der Waals surface area contributed by atoms with Crippen LogP contribution >= 0.6 is 11.3 Å². The number of halogens is 3. The van der Waals surface area contributed by atoms with Gasteiger partial charge in [0.15, 0.2) is 0 Å². The normalized spacial score (nSPS) is 15.0. The van der Waals surface area contributed by atoms with E-state index in [1.54, 1.807) is 0 Å². The molecule has 0 N–H and O–H groups in total. The van der Waals surface area contributed by atoms with Crippen LogP contribution in [0.15, 0.2) is 12.3 Å². The van der Waals surface area contributed by atoms with Crippen LogP contribution in [0.25, 0.3) is 0 Å². The van der Waals surface area contributed by atoms with Gasteiger partial charge in [-0.3, -0.25) is 4.98 Å². The van der Waals surface area contributed by atoms with E-state index in [4.69, 9.17) is 0 Å². The molecular weight excluding hydrogens is 311 g/mol. The van der Waals surface area contributed by atoms with Crippen molar-refractivity contribution < 1.29 is 13.2 Å². The van der Waals surface area contributed by atoms with Crippen LogP contribution in [-0.2, 0) is 19.1 Å². The molecule has 0 fully saturated rings. The maximum absolute atomic E-state index is 12.7. The number of nitrogens with zero attached hydrogens (tertiary/aromatic N) is 3. The van der Waals surface area contributed by atoms with E-state index in [9.17, 15) is 13.2 Å². The van der Waals surface area contributed by atoms with E-state index in [-0.39, 0.29) is 0 Å². The van der Waals surface area contributed by atoms with E-state index >= 15 is 0 Å². The third-order valence-electron chi connectivity index (χ3n) is 3.86. The summed E-state index contributed by atoms with van der Waals surface area (Å²) in [5.74, 6) is 0. The Hall–Kier alpha value is -1.63. The molecule has 1 aliphatic rings. The molecule has 0 radical (unpaired) electrons. The fourth-order valence-corrected chi connectivity index (χ4v) is 3.40. The largest absolute Gasteiger partial charge is 0.427 e. The topological polar surface area (TPSA) is 29.0 Å². The van der Waals surface area contributed by atoms with Gasteiger partial charge in [-0.2, -0.15) is 13.2 Å². The maximum Gasteiger partial charge on any atom is 0.427 e. The molecule has 118 valence electrons. The summed E-state index contributed by atoms with van der Waals surface area (Å²) in [6.07, 6.45) is -1.52. The summed E-state index contributed by atoms with van der Waals surface area (Å²) in [4.78, 5) is 9.98. The minimum Gasteiger partial charge on any atom is -0.363 e. The SMILES string of the molecule is Cc1cc2c(nc1C)CCCN2Cc1ncc(C(F)(F)F)s1.